The Morgan fingerprint density at radius 1 is 1.38 bits per heavy atom. The molecule has 1 aliphatic rings. The van der Waals surface area contributed by atoms with Crippen molar-refractivity contribution in [2.75, 3.05) is 6.54 Å². The first-order chi connectivity index (χ1) is 7.35. The van der Waals surface area contributed by atoms with Crippen molar-refractivity contribution in [3.63, 3.8) is 0 Å². The van der Waals surface area contributed by atoms with Gasteiger partial charge in [0.05, 0.1) is 0 Å². The Hall–Kier alpha value is -1.30. The monoisotopic (exact) mass is 230 g/mol. The van der Waals surface area contributed by atoms with Gasteiger partial charge in [0.15, 0.2) is 0 Å². The number of rotatable bonds is 1. The highest BCUT2D eigenvalue weighted by atomic mass is 16.7. The van der Waals surface area contributed by atoms with Gasteiger partial charge < -0.3 is 9.57 Å². The van der Waals surface area contributed by atoms with Crippen molar-refractivity contribution in [1.29, 1.82) is 0 Å². The van der Waals surface area contributed by atoms with Crippen LogP contribution in [-0.4, -0.2) is 35.2 Å². The second-order valence-electron chi connectivity index (χ2n) is 4.77. The zero-order valence-corrected chi connectivity index (χ0v) is 9.86. The first-order valence-electron chi connectivity index (χ1n) is 5.25. The molecule has 1 atom stereocenters. The van der Waals surface area contributed by atoms with E-state index < -0.39 is 23.7 Å². The Morgan fingerprint density at radius 3 is 2.50 bits per heavy atom. The summed E-state index contributed by atoms with van der Waals surface area (Å²) >= 11 is 0. The van der Waals surface area contributed by atoms with Crippen molar-refractivity contribution in [3.8, 4) is 0 Å². The summed E-state index contributed by atoms with van der Waals surface area (Å²) in [4.78, 5) is 28.6. The van der Waals surface area contributed by atoms with Crippen LogP contribution < -0.4 is 5.90 Å². The summed E-state index contributed by atoms with van der Waals surface area (Å²) in [6.45, 7) is 5.82. The number of carbonyl (C=O) groups is 2. The van der Waals surface area contributed by atoms with Crippen LogP contribution in [0.2, 0.25) is 0 Å². The maximum atomic E-state index is 11.7. The van der Waals surface area contributed by atoms with Gasteiger partial charge in [-0.3, -0.25) is 4.90 Å². The lowest BCUT2D eigenvalue weighted by atomic mass is 10.2. The van der Waals surface area contributed by atoms with Crippen molar-refractivity contribution in [1.82, 2.24) is 4.90 Å². The third-order valence-electron chi connectivity index (χ3n) is 2.27. The molecule has 16 heavy (non-hydrogen) atoms. The molecule has 1 fully saturated rings. The molecule has 0 aromatic rings. The van der Waals surface area contributed by atoms with Crippen LogP contribution in [0, 0.1) is 0 Å². The summed E-state index contributed by atoms with van der Waals surface area (Å²) in [5.74, 6) is 4.22. The predicted molar refractivity (Wildman–Crippen MR) is 56.2 cm³/mol. The third-order valence-corrected chi connectivity index (χ3v) is 2.27. The molecule has 0 saturated carbocycles. The fourth-order valence-electron chi connectivity index (χ4n) is 1.63. The minimum atomic E-state index is -0.611. The second kappa shape index (κ2) is 4.69. The molecule has 0 spiro atoms. The number of amides is 1. The summed E-state index contributed by atoms with van der Waals surface area (Å²) in [6, 6.07) is -0.611. The quantitative estimate of drug-likeness (QED) is 0.674. The van der Waals surface area contributed by atoms with Gasteiger partial charge in [0.2, 0.25) is 0 Å². The topological polar surface area (TPSA) is 81.9 Å². The zero-order valence-electron chi connectivity index (χ0n) is 9.86. The lowest BCUT2D eigenvalue weighted by molar-refractivity contribution is -0.149. The number of carbonyl (C=O) groups excluding carboxylic acids is 2. The van der Waals surface area contributed by atoms with E-state index in [4.69, 9.17) is 10.6 Å². The van der Waals surface area contributed by atoms with Crippen LogP contribution in [0.4, 0.5) is 4.79 Å². The van der Waals surface area contributed by atoms with E-state index in [0.717, 1.165) is 6.42 Å². The van der Waals surface area contributed by atoms with E-state index in [1.807, 2.05) is 0 Å². The molecule has 92 valence electrons. The van der Waals surface area contributed by atoms with Crippen molar-refractivity contribution in [3.05, 3.63) is 0 Å². The Kier molecular flexibility index (Phi) is 3.74. The molecule has 1 heterocycles. The van der Waals surface area contributed by atoms with E-state index in [-0.39, 0.29) is 0 Å². The number of nitrogens with zero attached hydrogens (tertiary/aromatic N) is 1. The summed E-state index contributed by atoms with van der Waals surface area (Å²) in [5.41, 5.74) is -0.573. The van der Waals surface area contributed by atoms with Crippen molar-refractivity contribution < 1.29 is 19.2 Å². The van der Waals surface area contributed by atoms with Crippen LogP contribution >= 0.6 is 0 Å². The highest BCUT2D eigenvalue weighted by Crippen LogP contribution is 2.21. The smallest absolute Gasteiger partial charge is 0.411 e. The van der Waals surface area contributed by atoms with Crippen molar-refractivity contribution in [2.45, 2.75) is 45.3 Å². The molecular formula is C10H18N2O4. The number of nitrogens with two attached hydrogens (primary N) is 1. The molecular weight excluding hydrogens is 212 g/mol. The average molecular weight is 230 g/mol. The number of likely N-dealkylation sites (tertiary alicyclic amines) is 1. The Bertz CT molecular complexity index is 285. The van der Waals surface area contributed by atoms with Crippen LogP contribution in [0.1, 0.15) is 33.6 Å². The predicted octanol–water partition coefficient (Wildman–Crippen LogP) is 0.803. The van der Waals surface area contributed by atoms with Gasteiger partial charge in [0.1, 0.15) is 11.6 Å². The van der Waals surface area contributed by atoms with Gasteiger partial charge in [-0.2, -0.15) is 5.90 Å². The number of hydrogen-bond acceptors (Lipinski definition) is 5. The fraction of sp³-hybridized carbons (Fsp3) is 0.800. The second-order valence-corrected chi connectivity index (χ2v) is 4.77. The van der Waals surface area contributed by atoms with E-state index in [0.29, 0.717) is 13.0 Å². The lowest BCUT2D eigenvalue weighted by Gasteiger charge is -2.27. The number of ether oxygens (including phenoxy) is 1. The minimum Gasteiger partial charge on any atom is -0.444 e. The highest BCUT2D eigenvalue weighted by molar-refractivity contribution is 5.82. The average Bonchev–Trinajstić information content (AvgIpc) is 2.62. The van der Waals surface area contributed by atoms with Crippen LogP contribution in [0.15, 0.2) is 0 Å². The molecule has 0 aromatic carbocycles. The van der Waals surface area contributed by atoms with E-state index in [9.17, 15) is 9.59 Å². The summed E-state index contributed by atoms with van der Waals surface area (Å²) in [6.07, 6.45) is 0.814. The first-order valence-corrected chi connectivity index (χ1v) is 5.25. The van der Waals surface area contributed by atoms with E-state index >= 15 is 0 Å². The summed E-state index contributed by atoms with van der Waals surface area (Å²) < 4.78 is 5.18. The molecule has 6 nitrogen and oxygen atoms in total. The molecule has 0 radical (unpaired) electrons. The lowest BCUT2D eigenvalue weighted by Crippen LogP contribution is -2.44. The normalized spacial score (nSPS) is 20.8. The Balaban J connectivity index is 2.65. The third kappa shape index (κ3) is 3.10. The molecule has 0 aliphatic carbocycles. The van der Waals surface area contributed by atoms with E-state index in [1.54, 1.807) is 20.8 Å². The van der Waals surface area contributed by atoms with Gasteiger partial charge in [-0.25, -0.2) is 9.59 Å². The summed E-state index contributed by atoms with van der Waals surface area (Å²) in [5, 5.41) is 0. The molecule has 0 aromatic heterocycles. The van der Waals surface area contributed by atoms with Gasteiger partial charge in [-0.05, 0) is 33.6 Å². The van der Waals surface area contributed by atoms with Gasteiger partial charge in [0.25, 0.3) is 0 Å². The zero-order chi connectivity index (χ0) is 12.3. The number of hydrogen-bond donors (Lipinski definition) is 1. The van der Waals surface area contributed by atoms with Crippen molar-refractivity contribution in [2.24, 2.45) is 5.90 Å². The van der Waals surface area contributed by atoms with Crippen LogP contribution in [0.5, 0.6) is 0 Å². The Morgan fingerprint density at radius 2 is 2.00 bits per heavy atom. The minimum absolute atomic E-state index is 0.495. The van der Waals surface area contributed by atoms with Crippen LogP contribution in [0.25, 0.3) is 0 Å². The van der Waals surface area contributed by atoms with Crippen LogP contribution in [0.3, 0.4) is 0 Å². The maximum Gasteiger partial charge on any atom is 0.411 e. The largest absolute Gasteiger partial charge is 0.444 e. The molecule has 1 amide bonds. The molecule has 1 aliphatic heterocycles. The SMILES string of the molecule is CC(C)(C)OC(=O)N1CCC[C@H]1C(=O)ON. The van der Waals surface area contributed by atoms with Crippen molar-refractivity contribution >= 4 is 12.1 Å². The molecule has 2 N–H and O–H groups in total. The van der Waals surface area contributed by atoms with Gasteiger partial charge in [0, 0.05) is 6.54 Å². The van der Waals surface area contributed by atoms with Gasteiger partial charge >= 0.3 is 12.1 Å². The fourth-order valence-corrected chi connectivity index (χ4v) is 1.63. The summed E-state index contributed by atoms with van der Waals surface area (Å²) in [7, 11) is 0. The van der Waals surface area contributed by atoms with Gasteiger partial charge in [-0.1, -0.05) is 0 Å². The van der Waals surface area contributed by atoms with Crippen LogP contribution in [-0.2, 0) is 14.4 Å². The first kappa shape index (κ1) is 12.8. The Labute approximate surface area is 94.6 Å². The van der Waals surface area contributed by atoms with Gasteiger partial charge in [-0.15, -0.1) is 0 Å². The van der Waals surface area contributed by atoms with E-state index in [2.05, 4.69) is 4.84 Å². The van der Waals surface area contributed by atoms with E-state index in [1.165, 1.54) is 4.90 Å². The maximum absolute atomic E-state index is 11.7. The molecule has 1 saturated heterocycles. The molecule has 6 heteroatoms. The molecule has 0 bridgehead atoms. The highest BCUT2D eigenvalue weighted by Gasteiger charge is 2.37. The molecule has 1 rings (SSSR count). The molecule has 0 unspecified atom stereocenters. The standard InChI is InChI=1S/C10H18N2O4/c1-10(2,3)15-9(14)12-6-4-5-7(12)8(13)16-11/h7H,4-6,11H2,1-3H3/t7-/m0/s1.